The van der Waals surface area contributed by atoms with Crippen LogP contribution in [0.4, 0.5) is 4.79 Å². The third kappa shape index (κ3) is 3.48. The summed E-state index contributed by atoms with van der Waals surface area (Å²) in [6.45, 7) is 3.06. The Bertz CT molecular complexity index is 535. The van der Waals surface area contributed by atoms with Gasteiger partial charge in [0.05, 0.1) is 12.8 Å². The van der Waals surface area contributed by atoms with Crippen LogP contribution in [0, 0.1) is 0 Å². The van der Waals surface area contributed by atoms with Gasteiger partial charge >= 0.3 is 6.09 Å². The molecule has 0 saturated carbocycles. The molecule has 1 aliphatic heterocycles. The summed E-state index contributed by atoms with van der Waals surface area (Å²) in [5, 5.41) is 6.09. The van der Waals surface area contributed by atoms with E-state index in [4.69, 9.17) is 4.74 Å². The molecule has 1 aliphatic rings. The van der Waals surface area contributed by atoms with E-state index in [9.17, 15) is 13.2 Å². The van der Waals surface area contributed by atoms with E-state index in [0.29, 0.717) is 32.5 Å². The fraction of sp³-hybridized carbons (Fsp3) is 0.636. The Hall–Kier alpha value is -1.61. The summed E-state index contributed by atoms with van der Waals surface area (Å²) in [7, 11) is -3.54. The topological polar surface area (TPSA) is 104 Å². The fourth-order valence-electron chi connectivity index (χ4n) is 2.07. The molecule has 0 unspecified atom stereocenters. The minimum Gasteiger partial charge on any atom is -0.450 e. The van der Waals surface area contributed by atoms with Crippen molar-refractivity contribution in [2.45, 2.75) is 30.7 Å². The van der Waals surface area contributed by atoms with E-state index in [2.05, 4.69) is 14.9 Å². The van der Waals surface area contributed by atoms with E-state index in [1.54, 1.807) is 11.8 Å². The van der Waals surface area contributed by atoms with Crippen LogP contribution in [-0.2, 0) is 14.8 Å². The number of amides is 1. The standard InChI is InChI=1S/C11H18N4O4S/c1-2-19-11(16)15-5-3-9(4-6-15)14-20(17,18)10-7-12-13-8-10/h7-9,14H,2-6H2,1H3,(H,12,13). The van der Waals surface area contributed by atoms with Gasteiger partial charge in [0.15, 0.2) is 0 Å². The molecule has 0 radical (unpaired) electrons. The van der Waals surface area contributed by atoms with Gasteiger partial charge in [-0.05, 0) is 19.8 Å². The van der Waals surface area contributed by atoms with E-state index in [1.165, 1.54) is 12.4 Å². The Morgan fingerprint density at radius 1 is 1.55 bits per heavy atom. The molecule has 0 spiro atoms. The molecule has 1 aromatic rings. The third-order valence-corrected chi connectivity index (χ3v) is 4.61. The lowest BCUT2D eigenvalue weighted by atomic mass is 10.1. The summed E-state index contributed by atoms with van der Waals surface area (Å²) in [4.78, 5) is 13.2. The predicted molar refractivity (Wildman–Crippen MR) is 70.5 cm³/mol. The normalized spacial score (nSPS) is 17.1. The second kappa shape index (κ2) is 6.23. The summed E-state index contributed by atoms with van der Waals surface area (Å²) in [5.41, 5.74) is 0. The summed E-state index contributed by atoms with van der Waals surface area (Å²) in [6.07, 6.45) is 3.38. The SMILES string of the molecule is CCOC(=O)N1CCC(NS(=O)(=O)c2cn[nH]c2)CC1. The minimum absolute atomic E-state index is 0.116. The van der Waals surface area contributed by atoms with Crippen LogP contribution < -0.4 is 4.72 Å². The fourth-order valence-corrected chi connectivity index (χ4v) is 3.28. The molecule has 0 bridgehead atoms. The molecule has 8 nitrogen and oxygen atoms in total. The average molecular weight is 302 g/mol. The second-order valence-corrected chi connectivity index (χ2v) is 6.23. The molecule has 20 heavy (non-hydrogen) atoms. The van der Waals surface area contributed by atoms with Crippen LogP contribution >= 0.6 is 0 Å². The highest BCUT2D eigenvalue weighted by Crippen LogP contribution is 2.14. The summed E-state index contributed by atoms with van der Waals surface area (Å²) in [6, 6.07) is -0.180. The van der Waals surface area contributed by atoms with Crippen LogP contribution in [0.15, 0.2) is 17.3 Å². The zero-order valence-corrected chi connectivity index (χ0v) is 12.0. The molecule has 2 heterocycles. The molecule has 9 heteroatoms. The van der Waals surface area contributed by atoms with Crippen molar-refractivity contribution in [3.05, 3.63) is 12.4 Å². The van der Waals surface area contributed by atoms with E-state index < -0.39 is 10.0 Å². The predicted octanol–water partition coefficient (Wildman–Crippen LogP) is 0.309. The molecule has 1 aromatic heterocycles. The van der Waals surface area contributed by atoms with Crippen LogP contribution in [0.3, 0.4) is 0 Å². The number of hydrogen-bond acceptors (Lipinski definition) is 5. The van der Waals surface area contributed by atoms with Gasteiger partial charge in [-0.1, -0.05) is 0 Å². The van der Waals surface area contributed by atoms with Crippen molar-refractivity contribution in [2.24, 2.45) is 0 Å². The van der Waals surface area contributed by atoms with Gasteiger partial charge in [-0.25, -0.2) is 17.9 Å². The number of nitrogens with one attached hydrogen (secondary N) is 2. The highest BCUT2D eigenvalue weighted by atomic mass is 32.2. The molecule has 2 N–H and O–H groups in total. The van der Waals surface area contributed by atoms with Crippen molar-refractivity contribution in [3.8, 4) is 0 Å². The highest BCUT2D eigenvalue weighted by Gasteiger charge is 2.27. The monoisotopic (exact) mass is 302 g/mol. The Morgan fingerprint density at radius 3 is 2.80 bits per heavy atom. The third-order valence-electron chi connectivity index (χ3n) is 3.13. The zero-order valence-electron chi connectivity index (χ0n) is 11.2. The van der Waals surface area contributed by atoms with Gasteiger partial charge in [0, 0.05) is 25.3 Å². The number of H-pyrrole nitrogens is 1. The number of rotatable bonds is 4. The number of piperidine rings is 1. The smallest absolute Gasteiger partial charge is 0.409 e. The van der Waals surface area contributed by atoms with Crippen LogP contribution in [0.25, 0.3) is 0 Å². The van der Waals surface area contributed by atoms with Gasteiger partial charge in [-0.3, -0.25) is 5.10 Å². The first-order valence-electron chi connectivity index (χ1n) is 6.45. The summed E-state index contributed by atoms with van der Waals surface area (Å²) in [5.74, 6) is 0. The van der Waals surface area contributed by atoms with Crippen molar-refractivity contribution < 1.29 is 17.9 Å². The van der Waals surface area contributed by atoms with Crippen molar-refractivity contribution in [1.29, 1.82) is 0 Å². The number of aromatic amines is 1. The first-order valence-corrected chi connectivity index (χ1v) is 7.94. The number of hydrogen-bond donors (Lipinski definition) is 2. The molecule has 1 saturated heterocycles. The van der Waals surface area contributed by atoms with Crippen LogP contribution in [-0.4, -0.2) is 55.3 Å². The van der Waals surface area contributed by atoms with Crippen molar-refractivity contribution in [2.75, 3.05) is 19.7 Å². The number of aromatic nitrogens is 2. The second-order valence-electron chi connectivity index (χ2n) is 4.52. The zero-order chi connectivity index (χ0) is 14.6. The number of nitrogens with zero attached hydrogens (tertiary/aromatic N) is 2. The van der Waals surface area contributed by atoms with E-state index >= 15 is 0 Å². The first-order chi connectivity index (χ1) is 9.53. The largest absolute Gasteiger partial charge is 0.450 e. The molecule has 0 aliphatic carbocycles. The molecule has 1 fully saturated rings. The lowest BCUT2D eigenvalue weighted by Crippen LogP contribution is -2.46. The number of ether oxygens (including phenoxy) is 1. The number of sulfonamides is 1. The highest BCUT2D eigenvalue weighted by molar-refractivity contribution is 7.89. The summed E-state index contributed by atoms with van der Waals surface area (Å²) >= 11 is 0. The lowest BCUT2D eigenvalue weighted by molar-refractivity contribution is 0.0966. The van der Waals surface area contributed by atoms with Crippen molar-refractivity contribution in [3.63, 3.8) is 0 Å². The Labute approximate surface area is 117 Å². The van der Waals surface area contributed by atoms with E-state index in [-0.39, 0.29) is 17.0 Å². The van der Waals surface area contributed by atoms with Gasteiger partial charge in [-0.15, -0.1) is 0 Å². The van der Waals surface area contributed by atoms with Crippen molar-refractivity contribution >= 4 is 16.1 Å². The van der Waals surface area contributed by atoms with Gasteiger partial charge in [-0.2, -0.15) is 5.10 Å². The Balaban J connectivity index is 1.87. The molecule has 0 atom stereocenters. The maximum Gasteiger partial charge on any atom is 0.409 e. The Kier molecular flexibility index (Phi) is 4.61. The van der Waals surface area contributed by atoms with Crippen LogP contribution in [0.2, 0.25) is 0 Å². The number of carbonyl (C=O) groups is 1. The maximum absolute atomic E-state index is 12.0. The first kappa shape index (κ1) is 14.8. The average Bonchev–Trinajstić information content (AvgIpc) is 2.94. The summed E-state index contributed by atoms with van der Waals surface area (Å²) < 4.78 is 31.5. The van der Waals surface area contributed by atoms with Gasteiger partial charge < -0.3 is 9.64 Å². The molecular formula is C11H18N4O4S. The van der Waals surface area contributed by atoms with E-state index in [0.717, 1.165) is 0 Å². The van der Waals surface area contributed by atoms with Gasteiger partial charge in [0.2, 0.25) is 10.0 Å². The molecular weight excluding hydrogens is 284 g/mol. The maximum atomic E-state index is 12.0. The quantitative estimate of drug-likeness (QED) is 0.833. The Morgan fingerprint density at radius 2 is 2.25 bits per heavy atom. The van der Waals surface area contributed by atoms with Gasteiger partial charge in [0.25, 0.3) is 0 Å². The van der Waals surface area contributed by atoms with Crippen LogP contribution in [0.1, 0.15) is 19.8 Å². The van der Waals surface area contributed by atoms with Crippen LogP contribution in [0.5, 0.6) is 0 Å². The molecule has 112 valence electrons. The lowest BCUT2D eigenvalue weighted by Gasteiger charge is -2.31. The molecule has 2 rings (SSSR count). The van der Waals surface area contributed by atoms with Crippen molar-refractivity contribution in [1.82, 2.24) is 19.8 Å². The molecule has 1 amide bonds. The number of likely N-dealkylation sites (tertiary alicyclic amines) is 1. The minimum atomic E-state index is -3.54. The van der Waals surface area contributed by atoms with Gasteiger partial charge in [0.1, 0.15) is 4.90 Å². The number of carbonyl (C=O) groups excluding carboxylic acids is 1. The molecule has 0 aromatic carbocycles. The van der Waals surface area contributed by atoms with E-state index in [1.807, 2.05) is 0 Å².